The number of alkyl carbamates (subject to hydrolysis) is 1. The van der Waals surface area contributed by atoms with Crippen molar-refractivity contribution in [1.29, 1.82) is 0 Å². The van der Waals surface area contributed by atoms with Gasteiger partial charge in [-0.15, -0.1) is 0 Å². The lowest BCUT2D eigenvalue weighted by Crippen LogP contribution is -2.56. The van der Waals surface area contributed by atoms with Gasteiger partial charge in [0.1, 0.15) is 42.1 Å². The van der Waals surface area contributed by atoms with Crippen molar-refractivity contribution in [3.05, 3.63) is 102 Å². The fourth-order valence-electron chi connectivity index (χ4n) is 5.55. The second-order valence-corrected chi connectivity index (χ2v) is 15.0. The molecule has 0 aliphatic heterocycles. The number of phenolic OH excluding ortho intramolecular Hbond substituents is 1. The molecule has 0 spiro atoms. The molecule has 14 heteroatoms. The average Bonchev–Trinajstić information content (AvgIpc) is 3.14. The zero-order chi connectivity index (χ0) is 41.4. The predicted molar refractivity (Wildman–Crippen MR) is 210 cm³/mol. The Balaban J connectivity index is 1.68. The van der Waals surface area contributed by atoms with Crippen LogP contribution >= 0.6 is 0 Å². The number of likely N-dealkylation sites (N-methyl/N-ethyl adjacent to an activating group) is 1. The highest BCUT2D eigenvalue weighted by Gasteiger charge is 2.33. The molecule has 0 unspecified atom stereocenters. The molecule has 0 heterocycles. The molecule has 3 aromatic rings. The number of ether oxygens (including phenoxy) is 2. The lowest BCUT2D eigenvalue weighted by atomic mass is 10.0. The molecule has 4 atom stereocenters. The molecule has 0 aliphatic carbocycles. The number of nitrogens with one attached hydrogen (secondary N) is 4. The number of carbonyl (C=O) groups is 6. The van der Waals surface area contributed by atoms with Gasteiger partial charge in [0.25, 0.3) is 0 Å². The highest BCUT2D eigenvalue weighted by molar-refractivity contribution is 5.94. The van der Waals surface area contributed by atoms with Crippen LogP contribution in [-0.2, 0) is 52.9 Å². The van der Waals surface area contributed by atoms with Gasteiger partial charge >= 0.3 is 12.1 Å². The number of hydrogen-bond donors (Lipinski definition) is 5. The maximum atomic E-state index is 13.9. The van der Waals surface area contributed by atoms with E-state index < -0.39 is 72.0 Å². The number of hydrogen-bond acceptors (Lipinski definition) is 9. The Bertz CT molecular complexity index is 1760. The summed E-state index contributed by atoms with van der Waals surface area (Å²) in [6.45, 7) is 9.82. The maximum absolute atomic E-state index is 13.9. The monoisotopic (exact) mass is 773 g/mol. The summed E-state index contributed by atoms with van der Waals surface area (Å²) >= 11 is 0. The average molecular weight is 774 g/mol. The van der Waals surface area contributed by atoms with Crippen molar-refractivity contribution in [2.24, 2.45) is 5.92 Å². The van der Waals surface area contributed by atoms with Crippen LogP contribution in [0.15, 0.2) is 84.9 Å². The van der Waals surface area contributed by atoms with Gasteiger partial charge in [-0.2, -0.15) is 0 Å². The quantitative estimate of drug-likeness (QED) is 0.120. The summed E-state index contributed by atoms with van der Waals surface area (Å²) in [5.41, 5.74) is 1.35. The van der Waals surface area contributed by atoms with Crippen molar-refractivity contribution in [3.8, 4) is 5.75 Å². The van der Waals surface area contributed by atoms with E-state index >= 15 is 0 Å². The zero-order valence-corrected chi connectivity index (χ0v) is 33.2. The minimum Gasteiger partial charge on any atom is -0.508 e. The van der Waals surface area contributed by atoms with E-state index in [-0.39, 0.29) is 31.1 Å². The largest absolute Gasteiger partial charge is 0.508 e. The Morgan fingerprint density at radius 1 is 0.696 bits per heavy atom. The van der Waals surface area contributed by atoms with Crippen LogP contribution in [0.2, 0.25) is 0 Å². The minimum absolute atomic E-state index is 0.0244. The van der Waals surface area contributed by atoms with E-state index in [1.54, 1.807) is 32.9 Å². The molecule has 3 rings (SSSR count). The molecule has 302 valence electrons. The molecule has 0 aliphatic rings. The van der Waals surface area contributed by atoms with Gasteiger partial charge in [-0.25, -0.2) is 9.59 Å². The van der Waals surface area contributed by atoms with Gasteiger partial charge in [0, 0.05) is 19.9 Å². The smallest absolute Gasteiger partial charge is 0.408 e. The van der Waals surface area contributed by atoms with Crippen LogP contribution in [0.25, 0.3) is 0 Å². The molecule has 0 saturated carbocycles. The summed E-state index contributed by atoms with van der Waals surface area (Å²) in [5, 5.41) is 20.1. The van der Waals surface area contributed by atoms with Gasteiger partial charge in [-0.3, -0.25) is 19.2 Å². The number of benzene rings is 3. The molecule has 0 bridgehead atoms. The van der Waals surface area contributed by atoms with Crippen LogP contribution in [0.5, 0.6) is 5.75 Å². The molecule has 56 heavy (non-hydrogen) atoms. The summed E-state index contributed by atoms with van der Waals surface area (Å²) in [6.07, 6.45) is -0.388. The molecule has 0 radical (unpaired) electrons. The number of esters is 1. The van der Waals surface area contributed by atoms with Crippen LogP contribution in [0, 0.1) is 5.92 Å². The van der Waals surface area contributed by atoms with Crippen molar-refractivity contribution in [2.75, 3.05) is 13.6 Å². The Kier molecular flexibility index (Phi) is 16.9. The van der Waals surface area contributed by atoms with Crippen LogP contribution in [0.1, 0.15) is 64.7 Å². The van der Waals surface area contributed by atoms with Crippen molar-refractivity contribution in [3.63, 3.8) is 0 Å². The summed E-state index contributed by atoms with van der Waals surface area (Å²) in [5.74, 6) is -3.09. The van der Waals surface area contributed by atoms with E-state index in [0.717, 1.165) is 11.1 Å². The van der Waals surface area contributed by atoms with Crippen molar-refractivity contribution in [2.45, 2.75) is 97.2 Å². The maximum Gasteiger partial charge on any atom is 0.408 e. The molecule has 5 amide bonds. The fraction of sp³-hybridized carbons (Fsp3) is 0.429. The second-order valence-electron chi connectivity index (χ2n) is 15.0. The number of aromatic hydroxyl groups is 1. The normalized spacial score (nSPS) is 13.3. The Hall–Kier alpha value is -5.92. The highest BCUT2D eigenvalue weighted by Crippen LogP contribution is 2.15. The van der Waals surface area contributed by atoms with E-state index in [2.05, 4.69) is 21.3 Å². The standard InChI is InChI=1S/C42H55N5O9/c1-27(2)22-34(40(53)55-26-31-16-12-9-13-17-31)45-39(52)35(24-29-14-10-8-11-15-29)47(7)36(49)25-43-37(50)28(3)44-38(51)33(46-41(54)56-42(4,5)6)23-30-18-20-32(48)21-19-30/h8-21,27-28,33-35,48H,22-26H2,1-7H3,(H,43,50)(H,44,51)(H,45,52)(H,46,54)/t28-,33+,34+,35+/m1/s1. The van der Waals surface area contributed by atoms with E-state index in [0.29, 0.717) is 12.0 Å². The number of rotatable bonds is 18. The van der Waals surface area contributed by atoms with Crippen LogP contribution in [-0.4, -0.2) is 89.1 Å². The second kappa shape index (κ2) is 21.2. The third-order valence-electron chi connectivity index (χ3n) is 8.52. The summed E-state index contributed by atoms with van der Waals surface area (Å²) < 4.78 is 10.9. The number of phenols is 1. The third kappa shape index (κ3) is 15.4. The lowest BCUT2D eigenvalue weighted by molar-refractivity contribution is -0.150. The van der Waals surface area contributed by atoms with Gasteiger partial charge < -0.3 is 40.7 Å². The fourth-order valence-corrected chi connectivity index (χ4v) is 5.55. The third-order valence-corrected chi connectivity index (χ3v) is 8.52. The summed E-state index contributed by atoms with van der Waals surface area (Å²) in [7, 11) is 1.44. The molecular formula is C42H55N5O9. The molecule has 0 aromatic heterocycles. The van der Waals surface area contributed by atoms with Crippen LogP contribution in [0.3, 0.4) is 0 Å². The molecule has 5 N–H and O–H groups in total. The number of carbonyl (C=O) groups excluding carboxylic acids is 6. The highest BCUT2D eigenvalue weighted by atomic mass is 16.6. The van der Waals surface area contributed by atoms with E-state index in [9.17, 15) is 33.9 Å². The molecule has 0 fully saturated rings. The van der Waals surface area contributed by atoms with E-state index in [4.69, 9.17) is 9.47 Å². The first kappa shape index (κ1) is 44.5. The van der Waals surface area contributed by atoms with Crippen molar-refractivity contribution in [1.82, 2.24) is 26.2 Å². The Morgan fingerprint density at radius 3 is 1.84 bits per heavy atom. The van der Waals surface area contributed by atoms with Gasteiger partial charge in [-0.05, 0) is 68.9 Å². The SMILES string of the molecule is CC(C)C[C@H](NC(=O)[C@H](Cc1ccccc1)N(C)C(=O)CNC(=O)[C@@H](C)NC(=O)[C@H](Cc1ccc(O)cc1)NC(=O)OC(C)(C)C)C(=O)OCc1ccccc1. The minimum atomic E-state index is -1.15. The molecule has 14 nitrogen and oxygen atoms in total. The summed E-state index contributed by atoms with van der Waals surface area (Å²) in [6, 6.07) is 20.0. The zero-order valence-electron chi connectivity index (χ0n) is 33.2. The topological polar surface area (TPSA) is 192 Å². The van der Waals surface area contributed by atoms with Gasteiger partial charge in [0.15, 0.2) is 0 Å². The molecular weight excluding hydrogens is 718 g/mol. The first-order valence-electron chi connectivity index (χ1n) is 18.6. The lowest BCUT2D eigenvalue weighted by Gasteiger charge is -2.30. The Morgan fingerprint density at radius 2 is 1.27 bits per heavy atom. The van der Waals surface area contributed by atoms with E-state index in [1.807, 2.05) is 74.5 Å². The van der Waals surface area contributed by atoms with Gasteiger partial charge in [0.2, 0.25) is 23.6 Å². The molecule has 3 aromatic carbocycles. The van der Waals surface area contributed by atoms with Crippen LogP contribution in [0.4, 0.5) is 4.79 Å². The number of nitrogens with zero attached hydrogens (tertiary/aromatic N) is 1. The first-order valence-corrected chi connectivity index (χ1v) is 18.6. The Labute approximate surface area is 328 Å². The van der Waals surface area contributed by atoms with Gasteiger partial charge in [0.05, 0.1) is 6.54 Å². The number of amides is 5. The van der Waals surface area contributed by atoms with Gasteiger partial charge in [-0.1, -0.05) is 86.6 Å². The predicted octanol–water partition coefficient (Wildman–Crippen LogP) is 3.79. The summed E-state index contributed by atoms with van der Waals surface area (Å²) in [4.78, 5) is 81.0. The molecule has 0 saturated heterocycles. The van der Waals surface area contributed by atoms with Crippen LogP contribution < -0.4 is 21.3 Å². The van der Waals surface area contributed by atoms with Crippen molar-refractivity contribution >= 4 is 35.7 Å². The van der Waals surface area contributed by atoms with Crippen molar-refractivity contribution < 1.29 is 43.3 Å². The first-order chi connectivity index (χ1) is 26.4. The van der Waals surface area contributed by atoms with E-state index in [1.165, 1.54) is 31.0 Å².